The topological polar surface area (TPSA) is 0 Å². The Labute approximate surface area is 84.0 Å². The van der Waals surface area contributed by atoms with Gasteiger partial charge in [0.15, 0.2) is 0 Å². The molecule has 56 valence electrons. The Morgan fingerprint density at radius 3 is 2.91 bits per heavy atom. The van der Waals surface area contributed by atoms with Crippen molar-refractivity contribution in [3.63, 3.8) is 0 Å². The van der Waals surface area contributed by atoms with Crippen LogP contribution in [0.15, 0.2) is 24.3 Å². The zero-order chi connectivity index (χ0) is 8.10. The largest absolute Gasteiger partial charge is 0.468 e. The second-order valence-corrected chi connectivity index (χ2v) is 6.25. The lowest BCUT2D eigenvalue weighted by Gasteiger charge is -1.99. The quantitative estimate of drug-likeness (QED) is 0.691. The number of halogens is 1. The summed E-state index contributed by atoms with van der Waals surface area (Å²) in [6.07, 6.45) is 1.25. The normalized spacial score (nSPS) is 9.27. The fraction of sp³-hybridized carbons (Fsp3) is 0.333. The molecule has 0 amide bonds. The van der Waals surface area contributed by atoms with E-state index in [0.29, 0.717) is 0 Å². The molecule has 0 nitrogen and oxygen atoms in total. The molecule has 0 radical (unpaired) electrons. The predicted molar refractivity (Wildman–Crippen MR) is 54.4 cm³/mol. The van der Waals surface area contributed by atoms with E-state index in [1.165, 1.54) is 22.1 Å². The zero-order valence-electron chi connectivity index (χ0n) is 6.81. The predicted octanol–water partition coefficient (Wildman–Crippen LogP) is 2.97. The lowest BCUT2D eigenvalue weighted by atomic mass is 10.1. The van der Waals surface area contributed by atoms with Crippen LogP contribution in [0.1, 0.15) is 11.1 Å². The maximum atomic E-state index is 3.56. The van der Waals surface area contributed by atoms with Crippen molar-refractivity contribution in [2.45, 2.75) is 17.9 Å². The number of aryl methyl sites for hydroxylation is 2. The van der Waals surface area contributed by atoms with E-state index in [2.05, 4.69) is 44.1 Å². The third kappa shape index (κ3) is 3.58. The fourth-order valence-corrected chi connectivity index (χ4v) is 2.52. The van der Waals surface area contributed by atoms with Crippen LogP contribution in [0.4, 0.5) is 0 Å². The summed E-state index contributed by atoms with van der Waals surface area (Å²) in [5.41, 5.74) is 2.86. The second kappa shape index (κ2) is 5.17. The summed E-state index contributed by atoms with van der Waals surface area (Å²) >= 11 is 3.63. The molecule has 0 aliphatic carbocycles. The lowest BCUT2D eigenvalue weighted by Crippen LogP contribution is -1.86. The van der Waals surface area contributed by atoms with Gasteiger partial charge in [0.25, 0.3) is 0 Å². The van der Waals surface area contributed by atoms with E-state index >= 15 is 0 Å². The Kier molecular flexibility index (Phi) is 4.49. The zero-order valence-corrected chi connectivity index (χ0v) is 9.81. The van der Waals surface area contributed by atoms with Gasteiger partial charge in [-0.3, -0.25) is 0 Å². The van der Waals surface area contributed by atoms with Crippen molar-refractivity contribution in [2.75, 3.05) is 0 Å². The van der Waals surface area contributed by atoms with Gasteiger partial charge in [-0.2, -0.15) is 0 Å². The molecule has 2 heteroatoms. The van der Waals surface area contributed by atoms with Crippen LogP contribution in [0.3, 0.4) is 0 Å². The van der Waals surface area contributed by atoms with Crippen molar-refractivity contribution >= 4 is 31.1 Å². The number of hydrogen-bond donors (Lipinski definition) is 0. The average Bonchev–Trinajstić information content (AvgIpc) is 2.01. The first-order chi connectivity index (χ1) is 5.33. The lowest BCUT2D eigenvalue weighted by molar-refractivity contribution is 1.12. The first-order valence-corrected chi connectivity index (χ1v) is 8.84. The van der Waals surface area contributed by atoms with Crippen molar-refractivity contribution in [1.82, 2.24) is 0 Å². The molecule has 0 N–H and O–H groups in total. The van der Waals surface area contributed by atoms with E-state index in [1.807, 2.05) is 0 Å². The van der Waals surface area contributed by atoms with Crippen LogP contribution in [-0.2, 0) is 6.42 Å². The number of rotatable bonds is 3. The summed E-state index contributed by atoms with van der Waals surface area (Å²) in [7, 11) is 0. The summed E-state index contributed by atoms with van der Waals surface area (Å²) in [5, 5.41) is 0. The molecule has 0 aromatic heterocycles. The SMILES string of the molecule is Cc1cccc(C[CH2][Mg][Br])c1. The van der Waals surface area contributed by atoms with Crippen LogP contribution < -0.4 is 0 Å². The van der Waals surface area contributed by atoms with Gasteiger partial charge < -0.3 is 12.9 Å². The maximum absolute atomic E-state index is 3.56. The van der Waals surface area contributed by atoms with Gasteiger partial charge in [0.1, 0.15) is 0 Å². The highest BCUT2D eigenvalue weighted by atomic mass is 79.9. The van der Waals surface area contributed by atoms with Gasteiger partial charge in [-0.1, -0.05) is 29.8 Å². The second-order valence-electron chi connectivity index (χ2n) is 2.78. The molecule has 1 aromatic carbocycles. The molecule has 0 bridgehead atoms. The fourth-order valence-electron chi connectivity index (χ4n) is 1.14. The molecular formula is C9H11BrMg. The smallest absolute Gasteiger partial charge is 0.307 e. The molecule has 0 fully saturated rings. The molecule has 1 aromatic rings. The van der Waals surface area contributed by atoms with Gasteiger partial charge in [0.05, 0.1) is 0 Å². The summed E-state index contributed by atoms with van der Waals surface area (Å²) in [4.78, 5) is 0. The van der Waals surface area contributed by atoms with Crippen molar-refractivity contribution < 1.29 is 0 Å². The minimum absolute atomic E-state index is 0.0704. The van der Waals surface area contributed by atoms with Crippen molar-refractivity contribution in [2.24, 2.45) is 0 Å². The minimum Gasteiger partial charge on any atom is -0.307 e. The van der Waals surface area contributed by atoms with Crippen molar-refractivity contribution in [3.8, 4) is 0 Å². The van der Waals surface area contributed by atoms with E-state index in [9.17, 15) is 0 Å². The Bertz CT molecular complexity index is 223. The van der Waals surface area contributed by atoms with Gasteiger partial charge in [0, 0.05) is 0 Å². The molecule has 0 saturated heterocycles. The molecule has 0 aliphatic heterocycles. The summed E-state index contributed by atoms with van der Waals surface area (Å²) in [6, 6.07) is 8.77. The Morgan fingerprint density at radius 2 is 2.27 bits per heavy atom. The highest BCUT2D eigenvalue weighted by molar-refractivity contribution is 9.23. The Hall–Kier alpha value is 0.466. The summed E-state index contributed by atoms with van der Waals surface area (Å²) in [5.74, 6) is 0. The molecular weight excluding hydrogens is 212 g/mol. The minimum atomic E-state index is 0.0704. The maximum Gasteiger partial charge on any atom is 0.468 e. The van der Waals surface area contributed by atoms with E-state index in [0.717, 1.165) is 0 Å². The average molecular weight is 223 g/mol. The third-order valence-corrected chi connectivity index (χ3v) is 3.98. The van der Waals surface area contributed by atoms with E-state index in [1.54, 1.807) is 0 Å². The monoisotopic (exact) mass is 222 g/mol. The highest BCUT2D eigenvalue weighted by Gasteiger charge is 1.93. The van der Waals surface area contributed by atoms with Crippen molar-refractivity contribution in [3.05, 3.63) is 35.4 Å². The van der Waals surface area contributed by atoms with Gasteiger partial charge >= 0.3 is 18.2 Å². The van der Waals surface area contributed by atoms with Gasteiger partial charge in [0.2, 0.25) is 0 Å². The molecule has 0 saturated carbocycles. The number of hydrogen-bond acceptors (Lipinski definition) is 0. The van der Waals surface area contributed by atoms with Gasteiger partial charge in [-0.25, -0.2) is 0 Å². The van der Waals surface area contributed by atoms with Crippen LogP contribution in [0.25, 0.3) is 0 Å². The Balaban J connectivity index is 2.56. The van der Waals surface area contributed by atoms with E-state index in [-0.39, 0.29) is 18.2 Å². The molecule has 0 atom stereocenters. The van der Waals surface area contributed by atoms with Crippen molar-refractivity contribution in [1.29, 1.82) is 0 Å². The number of benzene rings is 1. The summed E-state index contributed by atoms with van der Waals surface area (Å²) in [6.45, 7) is 2.15. The third-order valence-electron chi connectivity index (χ3n) is 1.68. The van der Waals surface area contributed by atoms with Gasteiger partial charge in [-0.15, -0.1) is 4.55 Å². The van der Waals surface area contributed by atoms with Crippen LogP contribution in [0.2, 0.25) is 4.55 Å². The molecule has 0 aliphatic rings. The standard InChI is InChI=1S/C9H11.BrH.Mg/c1-3-9-6-4-5-8(2)7-9;;/h4-7H,1,3H2,2H3;1H;/q;;+1/p-1. The summed E-state index contributed by atoms with van der Waals surface area (Å²) < 4.78 is 1.36. The van der Waals surface area contributed by atoms with Crippen LogP contribution in [0.5, 0.6) is 0 Å². The van der Waals surface area contributed by atoms with Crippen LogP contribution >= 0.6 is 12.9 Å². The molecule has 11 heavy (non-hydrogen) atoms. The van der Waals surface area contributed by atoms with Gasteiger partial charge in [-0.05, 0) is 18.9 Å². The Morgan fingerprint density at radius 1 is 1.45 bits per heavy atom. The van der Waals surface area contributed by atoms with Crippen LogP contribution in [0, 0.1) is 6.92 Å². The van der Waals surface area contributed by atoms with E-state index in [4.69, 9.17) is 0 Å². The highest BCUT2D eigenvalue weighted by Crippen LogP contribution is 2.06. The van der Waals surface area contributed by atoms with Crippen LogP contribution in [-0.4, -0.2) is 18.2 Å². The molecule has 1 rings (SSSR count). The van der Waals surface area contributed by atoms with E-state index < -0.39 is 0 Å². The first kappa shape index (κ1) is 9.55. The molecule has 0 heterocycles. The molecule has 0 spiro atoms. The molecule has 0 unspecified atom stereocenters. The first-order valence-electron chi connectivity index (χ1n) is 3.94.